The van der Waals surface area contributed by atoms with Crippen molar-refractivity contribution in [3.05, 3.63) is 108 Å². The van der Waals surface area contributed by atoms with E-state index in [1.807, 2.05) is 22.7 Å². The van der Waals surface area contributed by atoms with Crippen molar-refractivity contribution in [2.45, 2.75) is 26.7 Å². The van der Waals surface area contributed by atoms with E-state index < -0.39 is 0 Å². The Kier molecular flexibility index (Phi) is 5.22. The molecule has 2 nitrogen and oxygen atoms in total. The summed E-state index contributed by atoms with van der Waals surface area (Å²) >= 11 is 3.82. The number of hydrogen-bond donors (Lipinski definition) is 0. The lowest BCUT2D eigenvalue weighted by molar-refractivity contribution is -0.633. The smallest absolute Gasteiger partial charge is 0.225 e. The summed E-state index contributed by atoms with van der Waals surface area (Å²) in [6.07, 6.45) is 0. The van der Waals surface area contributed by atoms with Crippen LogP contribution in [-0.4, -0.2) is 4.57 Å². The van der Waals surface area contributed by atoms with Crippen molar-refractivity contribution in [3.8, 4) is 17.1 Å². The van der Waals surface area contributed by atoms with Crippen molar-refractivity contribution >= 4 is 74.1 Å². The minimum absolute atomic E-state index is 0.453. The van der Waals surface area contributed by atoms with Gasteiger partial charge in [-0.15, -0.1) is 22.7 Å². The molecule has 0 radical (unpaired) electrons. The molecule has 0 aliphatic rings. The number of aryl methyl sites for hydroxylation is 2. The van der Waals surface area contributed by atoms with Gasteiger partial charge in [0.15, 0.2) is 11.0 Å². The molecule has 0 saturated heterocycles. The number of benzene rings is 5. The van der Waals surface area contributed by atoms with Crippen LogP contribution in [0.2, 0.25) is 0 Å². The average Bonchev–Trinajstić information content (AvgIpc) is 3.63. The molecule has 0 bridgehead atoms. The van der Waals surface area contributed by atoms with Crippen LogP contribution in [0.5, 0.6) is 0 Å². The molecule has 194 valence electrons. The molecule has 0 aliphatic heterocycles. The van der Waals surface area contributed by atoms with Crippen LogP contribution in [0.15, 0.2) is 97.1 Å². The van der Waals surface area contributed by atoms with Gasteiger partial charge in [-0.2, -0.15) is 4.57 Å². The molecule has 0 atom stereocenters. The second-order valence-electron chi connectivity index (χ2n) is 11.1. The Labute approximate surface area is 241 Å². The lowest BCUT2D eigenvalue weighted by atomic mass is 9.98. The van der Waals surface area contributed by atoms with Crippen molar-refractivity contribution in [1.82, 2.24) is 4.57 Å². The van der Waals surface area contributed by atoms with Crippen LogP contribution in [0.25, 0.3) is 68.5 Å². The van der Waals surface area contributed by atoms with Crippen LogP contribution in [0.1, 0.15) is 30.9 Å². The predicted octanol–water partition coefficient (Wildman–Crippen LogP) is 10.3. The van der Waals surface area contributed by atoms with Gasteiger partial charge in [-0.3, -0.25) is 0 Å². The van der Waals surface area contributed by atoms with Crippen LogP contribution in [0.4, 0.5) is 0 Å². The normalized spacial score (nSPS) is 12.2. The molecular weight excluding hydrogens is 525 g/mol. The molecule has 40 heavy (non-hydrogen) atoms. The van der Waals surface area contributed by atoms with Crippen LogP contribution in [-0.2, 0) is 7.05 Å². The molecule has 3 aromatic heterocycles. The zero-order chi connectivity index (χ0) is 27.1. The molecule has 8 aromatic rings. The van der Waals surface area contributed by atoms with Gasteiger partial charge in [0.25, 0.3) is 5.82 Å². The number of hydrogen-bond acceptors (Lipinski definition) is 2. The van der Waals surface area contributed by atoms with Crippen molar-refractivity contribution < 1.29 is 4.57 Å². The Morgan fingerprint density at radius 3 is 2.12 bits per heavy atom. The standard InChI is InChI=1S/C36H29N2S2/c1-21(2)23-18-19-28(33-24-11-5-10-16-30(24)40-35(23)33)38-27-14-8-7-13-26(27)37(4)36(38)32-22(3)17-20-31-34(32)25-12-6-9-15-29(25)39-31/h5-21H,1-4H3/q+1. The number of imidazole rings is 1. The molecule has 0 aliphatic carbocycles. The van der Waals surface area contributed by atoms with Gasteiger partial charge in [0, 0.05) is 40.3 Å². The van der Waals surface area contributed by atoms with Crippen LogP contribution < -0.4 is 4.57 Å². The van der Waals surface area contributed by atoms with E-state index in [4.69, 9.17) is 0 Å². The summed E-state index contributed by atoms with van der Waals surface area (Å²) in [6.45, 7) is 6.88. The van der Waals surface area contributed by atoms with Crippen LogP contribution in [0.3, 0.4) is 0 Å². The highest BCUT2D eigenvalue weighted by Gasteiger charge is 2.31. The Morgan fingerprint density at radius 2 is 1.35 bits per heavy atom. The minimum atomic E-state index is 0.453. The molecule has 0 saturated carbocycles. The highest BCUT2D eigenvalue weighted by molar-refractivity contribution is 7.26. The Bertz CT molecular complexity index is 2280. The third kappa shape index (κ3) is 3.24. The summed E-state index contributed by atoms with van der Waals surface area (Å²) < 4.78 is 10.4. The minimum Gasteiger partial charge on any atom is -0.225 e. The monoisotopic (exact) mass is 553 g/mol. The van der Waals surface area contributed by atoms with Gasteiger partial charge in [-0.25, -0.2) is 4.57 Å². The molecule has 0 fully saturated rings. The first kappa shape index (κ1) is 23.9. The van der Waals surface area contributed by atoms with Crippen molar-refractivity contribution in [2.75, 3.05) is 0 Å². The maximum atomic E-state index is 2.54. The first-order chi connectivity index (χ1) is 19.5. The number of aromatic nitrogens is 2. The molecule has 3 heterocycles. The number of rotatable bonds is 3. The highest BCUT2D eigenvalue weighted by Crippen LogP contribution is 2.45. The van der Waals surface area contributed by atoms with Gasteiger partial charge >= 0.3 is 0 Å². The Hall–Kier alpha value is -3.99. The van der Waals surface area contributed by atoms with E-state index in [9.17, 15) is 0 Å². The van der Waals surface area contributed by atoms with E-state index in [0.717, 1.165) is 0 Å². The van der Waals surface area contributed by atoms with Crippen molar-refractivity contribution in [2.24, 2.45) is 7.05 Å². The number of thiophene rings is 2. The zero-order valence-corrected chi connectivity index (χ0v) is 24.7. The summed E-state index contributed by atoms with van der Waals surface area (Å²) in [5.41, 5.74) is 7.73. The molecular formula is C36H29N2S2+. The molecule has 5 aromatic carbocycles. The van der Waals surface area contributed by atoms with Gasteiger partial charge in [0.05, 0.1) is 12.6 Å². The molecule has 0 N–H and O–H groups in total. The number of fused-ring (bicyclic) bond motifs is 7. The fourth-order valence-electron chi connectivity index (χ4n) is 6.52. The Morgan fingerprint density at radius 1 is 0.675 bits per heavy atom. The van der Waals surface area contributed by atoms with Crippen LogP contribution >= 0.6 is 22.7 Å². The first-order valence-electron chi connectivity index (χ1n) is 13.9. The first-order valence-corrected chi connectivity index (χ1v) is 15.5. The van der Waals surface area contributed by atoms with Crippen molar-refractivity contribution in [1.29, 1.82) is 0 Å². The fourth-order valence-corrected chi connectivity index (χ4v) is 9.02. The maximum absolute atomic E-state index is 2.54. The van der Waals surface area contributed by atoms with E-state index in [0.29, 0.717) is 5.92 Å². The molecule has 0 spiro atoms. The van der Waals surface area contributed by atoms with E-state index >= 15 is 0 Å². The van der Waals surface area contributed by atoms with Crippen molar-refractivity contribution in [3.63, 3.8) is 0 Å². The van der Waals surface area contributed by atoms with E-state index in [2.05, 4.69) is 134 Å². The second kappa shape index (κ2) is 8.76. The maximum Gasteiger partial charge on any atom is 0.295 e. The fraction of sp³-hybridized carbons (Fsp3) is 0.139. The topological polar surface area (TPSA) is 8.81 Å². The van der Waals surface area contributed by atoms with Gasteiger partial charge < -0.3 is 0 Å². The summed E-state index contributed by atoms with van der Waals surface area (Å²) in [6, 6.07) is 35.9. The van der Waals surface area contributed by atoms with E-state index in [-0.39, 0.29) is 0 Å². The van der Waals surface area contributed by atoms with Gasteiger partial charge in [0.1, 0.15) is 5.69 Å². The zero-order valence-electron chi connectivity index (χ0n) is 23.0. The largest absolute Gasteiger partial charge is 0.295 e. The number of para-hydroxylation sites is 2. The summed E-state index contributed by atoms with van der Waals surface area (Å²) in [4.78, 5) is 0. The van der Waals surface area contributed by atoms with E-state index in [1.165, 1.54) is 79.6 Å². The highest BCUT2D eigenvalue weighted by atomic mass is 32.1. The molecule has 0 unspecified atom stereocenters. The third-order valence-corrected chi connectivity index (χ3v) is 10.7. The molecule has 0 amide bonds. The Balaban J connectivity index is 1.60. The number of nitrogens with zero attached hydrogens (tertiary/aromatic N) is 2. The molecule has 4 heteroatoms. The van der Waals surface area contributed by atoms with Gasteiger partial charge in [0.2, 0.25) is 0 Å². The summed E-state index contributed by atoms with van der Waals surface area (Å²) in [5.74, 6) is 1.68. The lowest BCUT2D eigenvalue weighted by Gasteiger charge is -2.12. The predicted molar refractivity (Wildman–Crippen MR) is 174 cm³/mol. The summed E-state index contributed by atoms with van der Waals surface area (Å²) in [7, 11) is 2.23. The lowest BCUT2D eigenvalue weighted by Crippen LogP contribution is -2.30. The SMILES string of the molecule is Cc1ccc2sc3ccccc3c2c1-c1n(-c2ccc(C(C)C)c3sc4ccccc4c23)c2ccccc2[n+]1C. The molecule has 8 rings (SSSR count). The second-order valence-corrected chi connectivity index (χ2v) is 13.2. The van der Waals surface area contributed by atoms with Gasteiger partial charge in [-0.1, -0.05) is 74.5 Å². The average molecular weight is 554 g/mol. The van der Waals surface area contributed by atoms with Crippen LogP contribution in [0, 0.1) is 6.92 Å². The van der Waals surface area contributed by atoms with Gasteiger partial charge in [-0.05, 0) is 60.4 Å². The quantitative estimate of drug-likeness (QED) is 0.192. The summed E-state index contributed by atoms with van der Waals surface area (Å²) in [5, 5.41) is 5.38. The third-order valence-electron chi connectivity index (χ3n) is 8.39. The van der Waals surface area contributed by atoms with E-state index in [1.54, 1.807) is 0 Å².